The van der Waals surface area contributed by atoms with Crippen LogP contribution in [0.3, 0.4) is 0 Å². The highest BCUT2D eigenvalue weighted by Crippen LogP contribution is 2.21. The summed E-state index contributed by atoms with van der Waals surface area (Å²) in [6.45, 7) is 4.44. The van der Waals surface area contributed by atoms with Crippen molar-refractivity contribution in [3.8, 4) is 11.1 Å². The van der Waals surface area contributed by atoms with Gasteiger partial charge in [-0.1, -0.05) is 101 Å². The van der Waals surface area contributed by atoms with Crippen LogP contribution in [0.15, 0.2) is 72.8 Å². The molecule has 0 atom stereocenters. The van der Waals surface area contributed by atoms with Gasteiger partial charge >= 0.3 is 0 Å². The molecule has 0 radical (unpaired) electrons. The molecule has 0 fully saturated rings. The summed E-state index contributed by atoms with van der Waals surface area (Å²) in [6.07, 6.45) is 12.1. The van der Waals surface area contributed by atoms with Crippen LogP contribution < -0.4 is 10.9 Å². The molecule has 3 rings (SSSR count). The zero-order chi connectivity index (χ0) is 25.6. The molecule has 36 heavy (non-hydrogen) atoms. The van der Waals surface area contributed by atoms with Crippen LogP contribution >= 0.6 is 0 Å². The second-order valence-corrected chi connectivity index (χ2v) is 9.50. The van der Waals surface area contributed by atoms with E-state index < -0.39 is 0 Å². The van der Waals surface area contributed by atoms with Gasteiger partial charge in [-0.05, 0) is 72.2 Å². The fourth-order valence-electron chi connectivity index (χ4n) is 4.27. The lowest BCUT2D eigenvalue weighted by molar-refractivity contribution is 0.0846. The molecule has 0 aromatic heterocycles. The van der Waals surface area contributed by atoms with Crippen molar-refractivity contribution in [3.05, 3.63) is 95.1 Å². The Hall–Kier alpha value is -3.40. The number of amides is 2. The first kappa shape index (κ1) is 27.2. The first-order chi connectivity index (χ1) is 17.6. The number of hydrazine groups is 1. The molecule has 4 nitrogen and oxygen atoms in total. The third-order valence-corrected chi connectivity index (χ3v) is 6.58. The molecule has 4 heteroatoms. The lowest BCUT2D eigenvalue weighted by atomic mass is 10.0. The molecule has 0 saturated heterocycles. The maximum atomic E-state index is 12.5. The SMILES string of the molecule is CCCCCCCc1ccc(C(=O)NNC(=O)c2ccc(-c3ccc(CCCCC)cc3)cc2)cc1. The number of benzene rings is 3. The van der Waals surface area contributed by atoms with Crippen molar-refractivity contribution in [2.75, 3.05) is 0 Å². The smallest absolute Gasteiger partial charge is 0.267 e. The van der Waals surface area contributed by atoms with E-state index in [1.54, 1.807) is 12.1 Å². The molecule has 190 valence electrons. The number of rotatable bonds is 13. The van der Waals surface area contributed by atoms with Crippen molar-refractivity contribution < 1.29 is 9.59 Å². The van der Waals surface area contributed by atoms with E-state index in [-0.39, 0.29) is 11.8 Å². The Morgan fingerprint density at radius 2 is 0.861 bits per heavy atom. The molecule has 2 N–H and O–H groups in total. The van der Waals surface area contributed by atoms with E-state index >= 15 is 0 Å². The van der Waals surface area contributed by atoms with Gasteiger partial charge in [0.15, 0.2) is 0 Å². The van der Waals surface area contributed by atoms with Crippen LogP contribution in [0, 0.1) is 0 Å². The maximum absolute atomic E-state index is 12.5. The molecule has 0 bridgehead atoms. The molecule has 0 saturated carbocycles. The Kier molecular flexibility index (Phi) is 11.2. The first-order valence-electron chi connectivity index (χ1n) is 13.5. The molecular weight excluding hydrogens is 444 g/mol. The lowest BCUT2D eigenvalue weighted by Crippen LogP contribution is -2.41. The van der Waals surface area contributed by atoms with Gasteiger partial charge in [0.1, 0.15) is 0 Å². The topological polar surface area (TPSA) is 58.2 Å². The average Bonchev–Trinajstić information content (AvgIpc) is 2.92. The number of hydrogen-bond donors (Lipinski definition) is 2. The number of unbranched alkanes of at least 4 members (excludes halogenated alkanes) is 6. The standard InChI is InChI=1S/C32H40N2O2/c1-3-5-7-8-10-12-26-15-19-29(20-16-26)31(35)33-34-32(36)30-23-21-28(22-24-30)27-17-13-25(14-18-27)11-9-6-4-2/h13-24H,3-12H2,1-2H3,(H,33,35)(H,34,36). The summed E-state index contributed by atoms with van der Waals surface area (Å²) in [5.41, 5.74) is 10.8. The van der Waals surface area contributed by atoms with E-state index in [2.05, 4.69) is 49.0 Å². The second-order valence-electron chi connectivity index (χ2n) is 9.50. The minimum Gasteiger partial charge on any atom is -0.267 e. The zero-order valence-corrected chi connectivity index (χ0v) is 21.8. The molecule has 3 aromatic carbocycles. The molecule has 0 aliphatic rings. The van der Waals surface area contributed by atoms with Crippen LogP contribution in [0.1, 0.15) is 97.1 Å². The van der Waals surface area contributed by atoms with E-state index in [0.29, 0.717) is 11.1 Å². The third kappa shape index (κ3) is 8.67. The van der Waals surface area contributed by atoms with Crippen molar-refractivity contribution in [1.82, 2.24) is 10.9 Å². The summed E-state index contributed by atoms with van der Waals surface area (Å²) in [7, 11) is 0. The Labute approximate surface area is 216 Å². The van der Waals surface area contributed by atoms with Crippen molar-refractivity contribution in [2.45, 2.75) is 78.1 Å². The van der Waals surface area contributed by atoms with Gasteiger partial charge in [-0.25, -0.2) is 0 Å². The second kappa shape index (κ2) is 14.9. The molecule has 3 aromatic rings. The van der Waals surface area contributed by atoms with Gasteiger partial charge in [0, 0.05) is 11.1 Å². The molecule has 0 unspecified atom stereocenters. The molecule has 0 heterocycles. The molecule has 0 spiro atoms. The summed E-state index contributed by atoms with van der Waals surface area (Å²) in [4.78, 5) is 25.0. The van der Waals surface area contributed by atoms with E-state index in [9.17, 15) is 9.59 Å². The largest absolute Gasteiger partial charge is 0.269 e. The number of carbonyl (C=O) groups is 2. The van der Waals surface area contributed by atoms with Gasteiger partial charge in [-0.2, -0.15) is 0 Å². The van der Waals surface area contributed by atoms with Gasteiger partial charge in [-0.15, -0.1) is 0 Å². The molecular formula is C32H40N2O2. The van der Waals surface area contributed by atoms with Crippen LogP contribution in [-0.2, 0) is 12.8 Å². The first-order valence-corrected chi connectivity index (χ1v) is 13.5. The van der Waals surface area contributed by atoms with Crippen molar-refractivity contribution in [1.29, 1.82) is 0 Å². The van der Waals surface area contributed by atoms with Crippen LogP contribution in [-0.4, -0.2) is 11.8 Å². The summed E-state index contributed by atoms with van der Waals surface area (Å²) >= 11 is 0. The monoisotopic (exact) mass is 484 g/mol. The minimum atomic E-state index is -0.343. The number of carbonyl (C=O) groups excluding carboxylic acids is 2. The van der Waals surface area contributed by atoms with Gasteiger partial charge in [-0.3, -0.25) is 20.4 Å². The number of nitrogens with one attached hydrogen (secondary N) is 2. The highest BCUT2D eigenvalue weighted by atomic mass is 16.2. The van der Waals surface area contributed by atoms with Crippen molar-refractivity contribution in [3.63, 3.8) is 0 Å². The van der Waals surface area contributed by atoms with Crippen molar-refractivity contribution >= 4 is 11.8 Å². The number of aryl methyl sites for hydroxylation is 2. The lowest BCUT2D eigenvalue weighted by Gasteiger charge is -2.09. The average molecular weight is 485 g/mol. The van der Waals surface area contributed by atoms with Crippen LogP contribution in [0.2, 0.25) is 0 Å². The van der Waals surface area contributed by atoms with Gasteiger partial charge in [0.25, 0.3) is 11.8 Å². The van der Waals surface area contributed by atoms with Crippen LogP contribution in [0.5, 0.6) is 0 Å². The zero-order valence-electron chi connectivity index (χ0n) is 21.8. The normalized spacial score (nSPS) is 10.7. The molecule has 0 aliphatic heterocycles. The van der Waals surface area contributed by atoms with Crippen molar-refractivity contribution in [2.24, 2.45) is 0 Å². The van der Waals surface area contributed by atoms with E-state index in [4.69, 9.17) is 0 Å². The Morgan fingerprint density at radius 1 is 0.500 bits per heavy atom. The highest BCUT2D eigenvalue weighted by molar-refractivity contribution is 5.99. The highest BCUT2D eigenvalue weighted by Gasteiger charge is 2.10. The van der Waals surface area contributed by atoms with Crippen LogP contribution in [0.4, 0.5) is 0 Å². The Morgan fingerprint density at radius 3 is 1.36 bits per heavy atom. The Bertz CT molecular complexity index is 1070. The predicted molar refractivity (Wildman–Crippen MR) is 149 cm³/mol. The summed E-state index contributed by atoms with van der Waals surface area (Å²) in [5.74, 6) is -0.668. The van der Waals surface area contributed by atoms with E-state index in [0.717, 1.165) is 24.0 Å². The van der Waals surface area contributed by atoms with Gasteiger partial charge in [0.05, 0.1) is 0 Å². The molecule has 0 aliphatic carbocycles. The van der Waals surface area contributed by atoms with E-state index in [1.807, 2.05) is 36.4 Å². The minimum absolute atomic E-state index is 0.325. The van der Waals surface area contributed by atoms with E-state index in [1.165, 1.54) is 62.5 Å². The van der Waals surface area contributed by atoms with Gasteiger partial charge < -0.3 is 0 Å². The summed E-state index contributed by atoms with van der Waals surface area (Å²) in [6, 6.07) is 23.7. The number of hydrogen-bond acceptors (Lipinski definition) is 2. The summed E-state index contributed by atoms with van der Waals surface area (Å²) in [5, 5.41) is 0. The summed E-state index contributed by atoms with van der Waals surface area (Å²) < 4.78 is 0. The quantitative estimate of drug-likeness (QED) is 0.193. The Balaban J connectivity index is 1.46. The third-order valence-electron chi connectivity index (χ3n) is 6.58. The van der Waals surface area contributed by atoms with Crippen LogP contribution in [0.25, 0.3) is 11.1 Å². The fourth-order valence-corrected chi connectivity index (χ4v) is 4.27. The van der Waals surface area contributed by atoms with Gasteiger partial charge in [0.2, 0.25) is 0 Å². The predicted octanol–water partition coefficient (Wildman–Crippen LogP) is 7.67. The fraction of sp³-hybridized carbons (Fsp3) is 0.375. The maximum Gasteiger partial charge on any atom is 0.269 e. The molecule has 2 amide bonds.